The van der Waals surface area contributed by atoms with Crippen LogP contribution in [-0.4, -0.2) is 35.4 Å². The Kier molecular flexibility index (Phi) is 5.87. The van der Waals surface area contributed by atoms with Crippen molar-refractivity contribution >= 4 is 38.6 Å². The average Bonchev–Trinajstić information content (AvgIpc) is 3.30. The lowest BCUT2D eigenvalue weighted by Crippen LogP contribution is -2.32. The summed E-state index contributed by atoms with van der Waals surface area (Å²) < 4.78 is 11.9. The van der Waals surface area contributed by atoms with E-state index >= 15 is 0 Å². The maximum Gasteiger partial charge on any atom is 0.290 e. The van der Waals surface area contributed by atoms with Crippen LogP contribution in [0.15, 0.2) is 68.8 Å². The van der Waals surface area contributed by atoms with Gasteiger partial charge in [-0.15, -0.1) is 0 Å². The second-order valence-corrected chi connectivity index (χ2v) is 8.33. The normalized spacial score (nSPS) is 16.4. The summed E-state index contributed by atoms with van der Waals surface area (Å²) in [5.41, 5.74) is 1.26. The molecule has 7 heteroatoms. The Morgan fingerprint density at radius 2 is 2.03 bits per heavy atom. The van der Waals surface area contributed by atoms with Crippen LogP contribution in [0.25, 0.3) is 11.0 Å². The standard InChI is InChI=1S/C24H22BrNO5/c1-3-4-10-26-21(14-6-5-7-17(12-14)30-2)20(23(28)24(26)29)22(27)19-13-15-11-16(25)8-9-18(15)31-19/h5-9,11-13,21,28H,3-4,10H2,1-2H3. The number of amides is 1. The van der Waals surface area contributed by atoms with E-state index < -0.39 is 23.5 Å². The zero-order valence-electron chi connectivity index (χ0n) is 17.2. The molecule has 6 nitrogen and oxygen atoms in total. The lowest BCUT2D eigenvalue weighted by Gasteiger charge is -2.26. The molecular weight excluding hydrogens is 462 g/mol. The fourth-order valence-corrected chi connectivity index (χ4v) is 4.24. The SMILES string of the molecule is CCCCN1C(=O)C(O)=C(C(=O)c2cc3cc(Br)ccc3o2)C1c1cccc(OC)c1. The predicted molar refractivity (Wildman–Crippen MR) is 120 cm³/mol. The van der Waals surface area contributed by atoms with Crippen LogP contribution in [0.5, 0.6) is 5.75 Å². The second-order valence-electron chi connectivity index (χ2n) is 7.42. The molecule has 2 aromatic carbocycles. The zero-order chi connectivity index (χ0) is 22.1. The van der Waals surface area contributed by atoms with Gasteiger partial charge in [0.05, 0.1) is 18.7 Å². The first kappa shape index (κ1) is 21.2. The molecule has 160 valence electrons. The lowest BCUT2D eigenvalue weighted by atomic mass is 9.94. The van der Waals surface area contributed by atoms with Crippen molar-refractivity contribution in [2.45, 2.75) is 25.8 Å². The lowest BCUT2D eigenvalue weighted by molar-refractivity contribution is -0.129. The van der Waals surface area contributed by atoms with Gasteiger partial charge in [-0.3, -0.25) is 9.59 Å². The van der Waals surface area contributed by atoms with E-state index in [-0.39, 0.29) is 11.3 Å². The number of carbonyl (C=O) groups is 2. The fourth-order valence-electron chi connectivity index (χ4n) is 3.86. The number of ether oxygens (including phenoxy) is 1. The van der Waals surface area contributed by atoms with Crippen molar-refractivity contribution in [3.63, 3.8) is 0 Å². The second kappa shape index (κ2) is 8.59. The molecule has 0 fully saturated rings. The molecule has 0 spiro atoms. The number of nitrogens with zero attached hydrogens (tertiary/aromatic N) is 1. The summed E-state index contributed by atoms with van der Waals surface area (Å²) >= 11 is 3.41. The van der Waals surface area contributed by atoms with Gasteiger partial charge < -0.3 is 19.2 Å². The number of aliphatic hydroxyl groups is 1. The molecule has 0 aliphatic carbocycles. The van der Waals surface area contributed by atoms with Crippen LogP contribution < -0.4 is 4.74 Å². The summed E-state index contributed by atoms with van der Waals surface area (Å²) in [7, 11) is 1.56. The summed E-state index contributed by atoms with van der Waals surface area (Å²) in [4.78, 5) is 27.9. The first-order valence-electron chi connectivity index (χ1n) is 10.1. The molecule has 1 aromatic heterocycles. The number of methoxy groups -OCH3 is 1. The minimum Gasteiger partial charge on any atom is -0.503 e. The van der Waals surface area contributed by atoms with Gasteiger partial charge in [-0.25, -0.2) is 0 Å². The largest absolute Gasteiger partial charge is 0.503 e. The van der Waals surface area contributed by atoms with E-state index in [0.29, 0.717) is 23.4 Å². The monoisotopic (exact) mass is 483 g/mol. The number of carbonyl (C=O) groups excluding carboxylic acids is 2. The molecule has 4 rings (SSSR count). The van der Waals surface area contributed by atoms with Crippen LogP contribution in [0, 0.1) is 0 Å². The summed E-state index contributed by atoms with van der Waals surface area (Å²) in [6.07, 6.45) is 1.62. The van der Waals surface area contributed by atoms with Gasteiger partial charge in [0.1, 0.15) is 11.3 Å². The Hall–Kier alpha value is -3.06. The van der Waals surface area contributed by atoms with E-state index in [2.05, 4.69) is 15.9 Å². The first-order chi connectivity index (χ1) is 14.9. The molecule has 1 unspecified atom stereocenters. The highest BCUT2D eigenvalue weighted by Gasteiger charge is 2.44. The summed E-state index contributed by atoms with van der Waals surface area (Å²) in [5.74, 6) is -0.913. The number of hydrogen-bond donors (Lipinski definition) is 1. The number of benzene rings is 2. The van der Waals surface area contributed by atoms with Crippen LogP contribution in [0.3, 0.4) is 0 Å². The molecule has 1 atom stereocenters. The van der Waals surface area contributed by atoms with Crippen LogP contribution in [-0.2, 0) is 4.79 Å². The summed E-state index contributed by atoms with van der Waals surface area (Å²) in [6, 6.07) is 13.5. The molecule has 0 saturated heterocycles. The molecule has 0 bridgehead atoms. The van der Waals surface area contributed by atoms with Gasteiger partial charge in [-0.2, -0.15) is 0 Å². The molecule has 1 aliphatic rings. The molecule has 2 heterocycles. The van der Waals surface area contributed by atoms with E-state index in [4.69, 9.17) is 9.15 Å². The number of unbranched alkanes of at least 4 members (excludes halogenated alkanes) is 1. The molecule has 1 N–H and O–H groups in total. The smallest absolute Gasteiger partial charge is 0.290 e. The van der Waals surface area contributed by atoms with Gasteiger partial charge in [0.25, 0.3) is 5.91 Å². The van der Waals surface area contributed by atoms with Crippen molar-refractivity contribution < 1.29 is 23.8 Å². The van der Waals surface area contributed by atoms with Crippen molar-refractivity contribution in [3.05, 3.63) is 75.7 Å². The Morgan fingerprint density at radius 3 is 2.77 bits per heavy atom. The molecule has 0 saturated carbocycles. The number of aliphatic hydroxyl groups excluding tert-OH is 1. The van der Waals surface area contributed by atoms with E-state index in [1.54, 1.807) is 42.3 Å². The highest BCUT2D eigenvalue weighted by Crippen LogP contribution is 2.40. The van der Waals surface area contributed by atoms with Crippen molar-refractivity contribution in [2.24, 2.45) is 0 Å². The molecule has 31 heavy (non-hydrogen) atoms. The third-order valence-corrected chi connectivity index (χ3v) is 5.91. The van der Waals surface area contributed by atoms with Gasteiger partial charge in [0.2, 0.25) is 5.78 Å². The van der Waals surface area contributed by atoms with Gasteiger partial charge in [0, 0.05) is 16.4 Å². The molecular formula is C24H22BrNO5. The minimum absolute atomic E-state index is 0.0208. The quantitative estimate of drug-likeness (QED) is 0.443. The van der Waals surface area contributed by atoms with Gasteiger partial charge in [-0.05, 0) is 48.4 Å². The molecule has 1 amide bonds. The average molecular weight is 484 g/mol. The Bertz CT molecular complexity index is 1200. The van der Waals surface area contributed by atoms with Crippen molar-refractivity contribution in [1.82, 2.24) is 4.90 Å². The van der Waals surface area contributed by atoms with Crippen LogP contribution in [0.2, 0.25) is 0 Å². The number of fused-ring (bicyclic) bond motifs is 1. The Morgan fingerprint density at radius 1 is 1.23 bits per heavy atom. The molecule has 1 aliphatic heterocycles. The highest BCUT2D eigenvalue weighted by atomic mass is 79.9. The van der Waals surface area contributed by atoms with Gasteiger partial charge >= 0.3 is 0 Å². The first-order valence-corrected chi connectivity index (χ1v) is 10.9. The van der Waals surface area contributed by atoms with E-state index in [1.807, 2.05) is 25.1 Å². The van der Waals surface area contributed by atoms with E-state index in [0.717, 1.165) is 22.7 Å². The number of halogens is 1. The number of ketones is 1. The summed E-state index contributed by atoms with van der Waals surface area (Å²) in [6.45, 7) is 2.44. The Labute approximate surface area is 188 Å². The van der Waals surface area contributed by atoms with Gasteiger partial charge in [0.15, 0.2) is 11.5 Å². The topological polar surface area (TPSA) is 80.0 Å². The van der Waals surface area contributed by atoms with Crippen molar-refractivity contribution in [3.8, 4) is 5.75 Å². The maximum absolute atomic E-state index is 13.5. The predicted octanol–water partition coefficient (Wildman–Crippen LogP) is 5.58. The number of rotatable bonds is 7. The fraction of sp³-hybridized carbons (Fsp3) is 0.250. The number of hydrogen-bond acceptors (Lipinski definition) is 5. The molecule has 3 aromatic rings. The zero-order valence-corrected chi connectivity index (χ0v) is 18.8. The van der Waals surface area contributed by atoms with E-state index in [1.165, 1.54) is 0 Å². The highest BCUT2D eigenvalue weighted by molar-refractivity contribution is 9.10. The Balaban J connectivity index is 1.81. The minimum atomic E-state index is -0.721. The number of Topliss-reactive ketones (excluding diaryl/α,β-unsaturated/α-hetero) is 1. The van der Waals surface area contributed by atoms with Gasteiger partial charge in [-0.1, -0.05) is 41.4 Å². The van der Waals surface area contributed by atoms with Crippen LogP contribution >= 0.6 is 15.9 Å². The van der Waals surface area contributed by atoms with Crippen LogP contribution in [0.4, 0.5) is 0 Å². The maximum atomic E-state index is 13.5. The third-order valence-electron chi connectivity index (χ3n) is 5.41. The van der Waals surface area contributed by atoms with Crippen LogP contribution in [0.1, 0.15) is 41.9 Å². The summed E-state index contributed by atoms with van der Waals surface area (Å²) in [5, 5.41) is 11.5. The third kappa shape index (κ3) is 3.85. The van der Waals surface area contributed by atoms with Crippen molar-refractivity contribution in [1.29, 1.82) is 0 Å². The van der Waals surface area contributed by atoms with Crippen molar-refractivity contribution in [2.75, 3.05) is 13.7 Å². The molecule has 0 radical (unpaired) electrons. The number of furan rings is 1. The van der Waals surface area contributed by atoms with E-state index in [9.17, 15) is 14.7 Å².